The first kappa shape index (κ1) is 15.5. The van der Waals surface area contributed by atoms with E-state index in [2.05, 4.69) is 38.1 Å². The second-order valence-electron chi connectivity index (χ2n) is 6.73. The highest BCUT2D eigenvalue weighted by molar-refractivity contribution is 5.89. The summed E-state index contributed by atoms with van der Waals surface area (Å²) in [6.45, 7) is 6.83. The summed E-state index contributed by atoms with van der Waals surface area (Å²) in [5.41, 5.74) is 2.23. The molecule has 1 N–H and O–H groups in total. The predicted molar refractivity (Wildman–Crippen MR) is 81.1 cm³/mol. The average molecular weight is 289 g/mol. The Morgan fingerprint density at radius 1 is 1.24 bits per heavy atom. The largest absolute Gasteiger partial charge is 0.481 e. The molecule has 1 aliphatic carbocycles. The molecule has 0 aliphatic heterocycles. The molecular weight excluding hydrogens is 266 g/mol. The number of nitrogens with zero attached hydrogens (tertiary/aromatic N) is 1. The Bertz CT molecular complexity index is 548. The first-order valence-corrected chi connectivity index (χ1v) is 7.27. The summed E-state index contributed by atoms with van der Waals surface area (Å²) < 4.78 is 0. The van der Waals surface area contributed by atoms with Gasteiger partial charge in [0.2, 0.25) is 5.91 Å². The van der Waals surface area contributed by atoms with Gasteiger partial charge in [0.05, 0.1) is 11.8 Å². The first-order chi connectivity index (χ1) is 9.72. The number of aliphatic carboxylic acids is 1. The van der Waals surface area contributed by atoms with Gasteiger partial charge in [0.15, 0.2) is 0 Å². The number of amides is 1. The van der Waals surface area contributed by atoms with E-state index in [1.807, 2.05) is 6.92 Å². The van der Waals surface area contributed by atoms with E-state index in [1.165, 1.54) is 11.1 Å². The maximum absolute atomic E-state index is 12.2. The predicted octanol–water partition coefficient (Wildman–Crippen LogP) is 2.45. The summed E-state index contributed by atoms with van der Waals surface area (Å²) in [6.07, 6.45) is 0.476. The van der Waals surface area contributed by atoms with Crippen LogP contribution in [0, 0.1) is 18.8 Å². The summed E-state index contributed by atoms with van der Waals surface area (Å²) in [5, 5.41) is 8.92. The summed E-state index contributed by atoms with van der Waals surface area (Å²) in [7, 11) is 1.76. The van der Waals surface area contributed by atoms with Crippen molar-refractivity contribution in [2.75, 3.05) is 13.6 Å². The molecule has 2 unspecified atom stereocenters. The molecule has 0 spiro atoms. The van der Waals surface area contributed by atoms with Gasteiger partial charge in [-0.15, -0.1) is 0 Å². The Kier molecular flexibility index (Phi) is 4.08. The highest BCUT2D eigenvalue weighted by Gasteiger charge is 2.49. The van der Waals surface area contributed by atoms with Crippen LogP contribution in [-0.4, -0.2) is 35.5 Å². The van der Waals surface area contributed by atoms with Gasteiger partial charge in [0.25, 0.3) is 0 Å². The van der Waals surface area contributed by atoms with Gasteiger partial charge >= 0.3 is 5.97 Å². The van der Waals surface area contributed by atoms with Gasteiger partial charge in [0, 0.05) is 19.0 Å². The number of hydrogen-bond acceptors (Lipinski definition) is 2. The van der Waals surface area contributed by atoms with Gasteiger partial charge in [0.1, 0.15) is 0 Å². The third-order valence-corrected chi connectivity index (χ3v) is 4.27. The minimum Gasteiger partial charge on any atom is -0.481 e. The maximum atomic E-state index is 12.2. The van der Waals surface area contributed by atoms with Crippen molar-refractivity contribution in [1.82, 2.24) is 4.90 Å². The van der Waals surface area contributed by atoms with Crippen LogP contribution in [0.5, 0.6) is 0 Å². The lowest BCUT2D eigenvalue weighted by Gasteiger charge is -2.31. The highest BCUT2D eigenvalue weighted by atomic mass is 16.4. The molecule has 1 aliphatic rings. The number of carboxylic acids is 1. The average Bonchev–Trinajstić information content (AvgIpc) is 3.18. The van der Waals surface area contributed by atoms with Crippen LogP contribution in [0.15, 0.2) is 24.3 Å². The Labute approximate surface area is 125 Å². The van der Waals surface area contributed by atoms with Gasteiger partial charge in [-0.05, 0) is 18.9 Å². The number of likely N-dealkylation sites (N-methyl/N-ethyl adjacent to an activating group) is 1. The number of hydrogen-bond donors (Lipinski definition) is 1. The molecule has 1 fully saturated rings. The Hall–Kier alpha value is -1.84. The number of benzene rings is 1. The SMILES string of the molecule is Cc1ccc(C(C)(C)CN(C)C(=O)C2CC2C(=O)O)cc1. The summed E-state index contributed by atoms with van der Waals surface area (Å²) >= 11 is 0. The Balaban J connectivity index is 2.01. The molecule has 2 rings (SSSR count). The fraction of sp³-hybridized carbons (Fsp3) is 0.529. The van der Waals surface area contributed by atoms with Gasteiger partial charge in [-0.2, -0.15) is 0 Å². The molecular formula is C17H23NO3. The van der Waals surface area contributed by atoms with E-state index < -0.39 is 11.9 Å². The van der Waals surface area contributed by atoms with Gasteiger partial charge in [-0.3, -0.25) is 9.59 Å². The Morgan fingerprint density at radius 2 is 1.81 bits per heavy atom. The number of carboxylic acid groups (broad SMARTS) is 1. The number of carbonyl (C=O) groups is 2. The van der Waals surface area contributed by atoms with Crippen LogP contribution in [0.3, 0.4) is 0 Å². The normalized spacial score (nSPS) is 21.0. The molecule has 1 aromatic rings. The van der Waals surface area contributed by atoms with E-state index in [1.54, 1.807) is 11.9 Å². The first-order valence-electron chi connectivity index (χ1n) is 7.27. The highest BCUT2D eigenvalue weighted by Crippen LogP contribution is 2.40. The molecule has 0 saturated heterocycles. The van der Waals surface area contributed by atoms with E-state index >= 15 is 0 Å². The van der Waals surface area contributed by atoms with Crippen molar-refractivity contribution in [3.63, 3.8) is 0 Å². The Morgan fingerprint density at radius 3 is 2.29 bits per heavy atom. The van der Waals surface area contributed by atoms with Crippen molar-refractivity contribution < 1.29 is 14.7 Å². The summed E-state index contributed by atoms with van der Waals surface area (Å²) in [5.74, 6) is -1.73. The van der Waals surface area contributed by atoms with Crippen molar-refractivity contribution in [2.24, 2.45) is 11.8 Å². The zero-order valence-corrected chi connectivity index (χ0v) is 13.1. The molecule has 2 atom stereocenters. The number of rotatable bonds is 5. The molecule has 0 aromatic heterocycles. The molecule has 0 radical (unpaired) electrons. The van der Waals surface area contributed by atoms with Gasteiger partial charge < -0.3 is 10.0 Å². The fourth-order valence-corrected chi connectivity index (χ4v) is 2.79. The van der Waals surface area contributed by atoms with Crippen LogP contribution in [0.25, 0.3) is 0 Å². The van der Waals surface area contributed by atoms with Crippen molar-refractivity contribution >= 4 is 11.9 Å². The van der Waals surface area contributed by atoms with E-state index in [0.29, 0.717) is 13.0 Å². The molecule has 21 heavy (non-hydrogen) atoms. The van der Waals surface area contributed by atoms with Crippen LogP contribution in [0.1, 0.15) is 31.4 Å². The van der Waals surface area contributed by atoms with Crippen LogP contribution in [0.4, 0.5) is 0 Å². The van der Waals surface area contributed by atoms with Gasteiger partial charge in [-0.25, -0.2) is 0 Å². The zero-order valence-electron chi connectivity index (χ0n) is 13.1. The van der Waals surface area contributed by atoms with E-state index in [9.17, 15) is 9.59 Å². The monoisotopic (exact) mass is 289 g/mol. The number of carbonyl (C=O) groups excluding carboxylic acids is 1. The summed E-state index contributed by atoms with van der Waals surface area (Å²) in [6, 6.07) is 8.32. The minimum absolute atomic E-state index is 0.0532. The fourth-order valence-electron chi connectivity index (χ4n) is 2.79. The standard InChI is InChI=1S/C17H23NO3/c1-11-5-7-12(8-6-11)17(2,3)10-18(4)15(19)13-9-14(13)16(20)21/h5-8,13-14H,9-10H2,1-4H3,(H,20,21). The van der Waals surface area contributed by atoms with E-state index in [-0.39, 0.29) is 17.2 Å². The minimum atomic E-state index is -0.862. The van der Waals surface area contributed by atoms with Gasteiger partial charge in [-0.1, -0.05) is 43.7 Å². The quantitative estimate of drug-likeness (QED) is 0.906. The third kappa shape index (κ3) is 3.43. The van der Waals surface area contributed by atoms with Crippen molar-refractivity contribution in [2.45, 2.75) is 32.6 Å². The zero-order chi connectivity index (χ0) is 15.8. The van der Waals surface area contributed by atoms with Crippen molar-refractivity contribution in [3.05, 3.63) is 35.4 Å². The van der Waals surface area contributed by atoms with Crippen molar-refractivity contribution in [3.8, 4) is 0 Å². The molecule has 4 nitrogen and oxygen atoms in total. The molecule has 1 saturated carbocycles. The second-order valence-corrected chi connectivity index (χ2v) is 6.73. The van der Waals surface area contributed by atoms with Crippen LogP contribution < -0.4 is 0 Å². The molecule has 1 aromatic carbocycles. The number of aryl methyl sites for hydroxylation is 1. The smallest absolute Gasteiger partial charge is 0.307 e. The summed E-state index contributed by atoms with van der Waals surface area (Å²) in [4.78, 5) is 24.8. The lowest BCUT2D eigenvalue weighted by Crippen LogP contribution is -2.39. The molecule has 0 bridgehead atoms. The van der Waals surface area contributed by atoms with E-state index in [0.717, 1.165) is 0 Å². The molecule has 1 amide bonds. The molecule has 114 valence electrons. The maximum Gasteiger partial charge on any atom is 0.307 e. The van der Waals surface area contributed by atoms with Crippen molar-refractivity contribution in [1.29, 1.82) is 0 Å². The lowest BCUT2D eigenvalue weighted by molar-refractivity contribution is -0.141. The lowest BCUT2D eigenvalue weighted by atomic mass is 9.83. The topological polar surface area (TPSA) is 57.6 Å². The van der Waals surface area contributed by atoms with Crippen LogP contribution in [-0.2, 0) is 15.0 Å². The van der Waals surface area contributed by atoms with E-state index in [4.69, 9.17) is 5.11 Å². The second kappa shape index (κ2) is 5.51. The molecule has 0 heterocycles. The van der Waals surface area contributed by atoms with Crippen LogP contribution in [0.2, 0.25) is 0 Å². The third-order valence-electron chi connectivity index (χ3n) is 4.27. The molecule has 4 heteroatoms. The van der Waals surface area contributed by atoms with Crippen LogP contribution >= 0.6 is 0 Å².